The predicted molar refractivity (Wildman–Crippen MR) is 243 cm³/mol. The second-order valence-corrected chi connectivity index (χ2v) is 22.3. The van der Waals surface area contributed by atoms with Crippen molar-refractivity contribution in [2.45, 2.75) is 53.9 Å². The third-order valence-electron chi connectivity index (χ3n) is 14.5. The molecule has 7 aromatic rings. The zero-order valence-electron chi connectivity index (χ0n) is 36.6. The molecule has 14 rings (SSSR count). The first-order valence-electron chi connectivity index (χ1n) is 23.2. The Morgan fingerprint density at radius 3 is 1.81 bits per heavy atom. The van der Waals surface area contributed by atoms with Crippen molar-refractivity contribution in [2.75, 3.05) is 9.80 Å². The van der Waals surface area contributed by atoms with Gasteiger partial charge in [-0.2, -0.15) is 0 Å². The summed E-state index contributed by atoms with van der Waals surface area (Å²) >= 11 is 1.85. The van der Waals surface area contributed by atoms with E-state index in [2.05, 4.69) is 114 Å². The van der Waals surface area contributed by atoms with Crippen LogP contribution >= 0.6 is 11.8 Å². The van der Waals surface area contributed by atoms with Gasteiger partial charge < -0.3 is 9.80 Å². The Kier molecular flexibility index (Phi) is 6.01. The predicted octanol–water partition coefficient (Wildman–Crippen LogP) is 8.25. The summed E-state index contributed by atoms with van der Waals surface area (Å²) in [7, 11) is -2.86. The summed E-state index contributed by atoms with van der Waals surface area (Å²) in [6.07, 6.45) is 7.53. The first-order valence-corrected chi connectivity index (χ1v) is 23.5. The van der Waals surface area contributed by atoms with E-state index in [1.54, 1.807) is 0 Å². The summed E-state index contributed by atoms with van der Waals surface area (Å²) in [4.78, 5) is 7.21. The molecule has 0 saturated heterocycles. The third-order valence-corrected chi connectivity index (χ3v) is 20.5. The lowest BCUT2D eigenvalue weighted by Gasteiger charge is -2.63. The number of anilines is 5. The standard InChI is InChI=1S/C52H43BN2SSi/c1-5-15-38(16-6-1)54(39-17-7-2-8-18-39)40-30-44-49-46(31-40)56-45-24-14-26-48-51(45)53(49)50-43(55(44)52-32-35-27-36(33-52)29-37(28-35)34-52)23-13-25-47(50)57(48,41-19-9-3-10-20-41)42-21-11-4-12-22-42/h1-26,30-31,35-37H,27-29,32-34H2/i1D,5D,6D,15D,16D. The molecule has 4 aliphatic carbocycles. The molecule has 0 unspecified atom stereocenters. The van der Waals surface area contributed by atoms with Gasteiger partial charge in [-0.25, -0.2) is 0 Å². The van der Waals surface area contributed by atoms with Crippen LogP contribution in [-0.2, 0) is 0 Å². The van der Waals surface area contributed by atoms with Crippen LogP contribution in [0.4, 0.5) is 28.4 Å². The molecule has 0 amide bonds. The van der Waals surface area contributed by atoms with E-state index >= 15 is 0 Å². The molecule has 7 aliphatic rings. The molecule has 0 spiro atoms. The number of hydrogen-bond acceptors (Lipinski definition) is 3. The topological polar surface area (TPSA) is 6.48 Å². The molecule has 0 N–H and O–H groups in total. The van der Waals surface area contributed by atoms with E-state index in [0.29, 0.717) is 17.8 Å². The molecular weight excluding hydrogens is 724 g/mol. The highest BCUT2D eigenvalue weighted by atomic mass is 32.2. The molecule has 57 heavy (non-hydrogen) atoms. The van der Waals surface area contributed by atoms with Crippen LogP contribution in [0.2, 0.25) is 0 Å². The molecule has 4 bridgehead atoms. The zero-order chi connectivity index (χ0) is 41.6. The molecule has 0 radical (unpaired) electrons. The summed E-state index contributed by atoms with van der Waals surface area (Å²) in [5, 5.41) is 5.75. The van der Waals surface area contributed by atoms with Gasteiger partial charge in [0.05, 0.1) is 6.85 Å². The summed E-state index contributed by atoms with van der Waals surface area (Å²) in [6.45, 7) is 0.0249. The molecule has 3 heterocycles. The van der Waals surface area contributed by atoms with Gasteiger partial charge in [0.1, 0.15) is 0 Å². The zero-order valence-corrected chi connectivity index (χ0v) is 33.5. The highest BCUT2D eigenvalue weighted by Gasteiger charge is 2.60. The highest BCUT2D eigenvalue weighted by Crippen LogP contribution is 2.60. The minimum absolute atomic E-state index is 0.0249. The van der Waals surface area contributed by atoms with Gasteiger partial charge in [0.25, 0.3) is 0 Å². The normalized spacial score (nSPS) is 24.8. The average Bonchev–Trinajstić information content (AvgIpc) is 3.29. The molecule has 4 saturated carbocycles. The van der Waals surface area contributed by atoms with Crippen LogP contribution in [0.15, 0.2) is 180 Å². The van der Waals surface area contributed by atoms with Crippen molar-refractivity contribution in [1.29, 1.82) is 0 Å². The molecule has 0 atom stereocenters. The Balaban J connectivity index is 1.15. The maximum atomic E-state index is 9.29. The fourth-order valence-electron chi connectivity index (χ4n) is 13.1. The summed E-state index contributed by atoms with van der Waals surface area (Å²) in [6, 6.07) is 50.0. The van der Waals surface area contributed by atoms with E-state index in [1.807, 2.05) is 47.0 Å². The van der Waals surface area contributed by atoms with Crippen LogP contribution in [-0.4, -0.2) is 20.3 Å². The van der Waals surface area contributed by atoms with Crippen molar-refractivity contribution in [3.8, 4) is 0 Å². The lowest BCUT2D eigenvalue weighted by Crippen LogP contribution is -2.88. The number of benzene rings is 7. The molecular formula is C52H43BN2SSi. The van der Waals surface area contributed by atoms with Crippen LogP contribution in [0.3, 0.4) is 0 Å². The van der Waals surface area contributed by atoms with Gasteiger partial charge >= 0.3 is 0 Å². The van der Waals surface area contributed by atoms with Gasteiger partial charge in [0, 0.05) is 43.8 Å². The van der Waals surface area contributed by atoms with Gasteiger partial charge in [0.2, 0.25) is 6.71 Å². The van der Waals surface area contributed by atoms with Crippen LogP contribution in [0.5, 0.6) is 0 Å². The fourth-order valence-corrected chi connectivity index (χ4v) is 19.7. The first kappa shape index (κ1) is 28.2. The molecule has 0 aromatic heterocycles. The Labute approximate surface area is 348 Å². The van der Waals surface area contributed by atoms with Gasteiger partial charge in [0.15, 0.2) is 8.07 Å². The quantitative estimate of drug-likeness (QED) is 0.157. The maximum Gasteiger partial charge on any atom is 0.249 e. The van der Waals surface area contributed by atoms with Crippen molar-refractivity contribution < 1.29 is 6.85 Å². The van der Waals surface area contributed by atoms with Crippen LogP contribution in [0, 0.1) is 17.8 Å². The van der Waals surface area contributed by atoms with Crippen molar-refractivity contribution in [3.63, 3.8) is 0 Å². The molecule has 4 fully saturated rings. The molecule has 2 nitrogen and oxygen atoms in total. The monoisotopic (exact) mass is 771 g/mol. The van der Waals surface area contributed by atoms with Crippen LogP contribution in [0.1, 0.15) is 45.4 Å². The minimum Gasteiger partial charge on any atom is -0.336 e. The Bertz CT molecular complexity index is 2920. The van der Waals surface area contributed by atoms with Crippen molar-refractivity contribution in [3.05, 3.63) is 170 Å². The third kappa shape index (κ3) is 4.50. The first-order chi connectivity index (χ1) is 30.3. The van der Waals surface area contributed by atoms with Crippen molar-refractivity contribution >= 4 is 92.1 Å². The van der Waals surface area contributed by atoms with Gasteiger partial charge in [-0.05, 0) is 136 Å². The maximum absolute atomic E-state index is 9.29. The number of nitrogens with zero attached hydrogens (tertiary/aromatic N) is 2. The van der Waals surface area contributed by atoms with E-state index < -0.39 is 8.07 Å². The summed E-state index contributed by atoms with van der Waals surface area (Å²) < 4.78 is 44.7. The Morgan fingerprint density at radius 1 is 0.561 bits per heavy atom. The molecule has 274 valence electrons. The Hall–Kier alpha value is -5.23. The smallest absolute Gasteiger partial charge is 0.249 e. The number of para-hydroxylation sites is 2. The van der Waals surface area contributed by atoms with Crippen LogP contribution in [0.25, 0.3) is 0 Å². The van der Waals surface area contributed by atoms with E-state index in [0.717, 1.165) is 11.4 Å². The average molecular weight is 772 g/mol. The minimum atomic E-state index is -2.86. The summed E-state index contributed by atoms with van der Waals surface area (Å²) in [5.74, 6) is 2.15. The second-order valence-electron chi connectivity index (χ2n) is 17.5. The van der Waals surface area contributed by atoms with E-state index in [-0.39, 0.29) is 48.2 Å². The summed E-state index contributed by atoms with van der Waals surface area (Å²) in [5.41, 5.74) is 8.46. The lowest BCUT2D eigenvalue weighted by molar-refractivity contribution is 0.000632. The van der Waals surface area contributed by atoms with Gasteiger partial charge in [-0.1, -0.05) is 138 Å². The van der Waals surface area contributed by atoms with E-state index in [1.165, 1.54) is 96.8 Å². The molecule has 7 aromatic carbocycles. The van der Waals surface area contributed by atoms with Gasteiger partial charge in [-0.15, -0.1) is 0 Å². The van der Waals surface area contributed by atoms with Crippen molar-refractivity contribution in [1.82, 2.24) is 0 Å². The number of rotatable bonds is 6. The molecule has 5 heteroatoms. The van der Waals surface area contributed by atoms with Crippen LogP contribution < -0.4 is 46.9 Å². The van der Waals surface area contributed by atoms with Crippen molar-refractivity contribution in [2.24, 2.45) is 17.8 Å². The van der Waals surface area contributed by atoms with E-state index in [4.69, 9.17) is 4.11 Å². The number of hydrogen-bond donors (Lipinski definition) is 0. The SMILES string of the molecule is [2H]c1c([2H])c([2H])c(N(c2ccccc2)c2cc3c4c(c2)N(C25CC6CC(CC(C6)C2)C5)c2cccc5c2B4c2c(cccc2[Si]5(c2ccccc2)c2ccccc2)S3)c([2H])c1[2H]. The molecule has 3 aliphatic heterocycles. The largest absolute Gasteiger partial charge is 0.336 e. The Morgan fingerprint density at radius 2 is 1.16 bits per heavy atom. The van der Waals surface area contributed by atoms with E-state index in [9.17, 15) is 2.74 Å². The van der Waals surface area contributed by atoms with Gasteiger partial charge in [-0.3, -0.25) is 0 Å². The highest BCUT2D eigenvalue weighted by molar-refractivity contribution is 8.00. The fraction of sp³-hybridized carbons (Fsp3) is 0.192. The second kappa shape index (κ2) is 12.1. The lowest BCUT2D eigenvalue weighted by atomic mass is 9.34.